The standard InChI is InChI=1S/C23H33N5/c1-2-27-21-12-8-9-13-22(21)28(23(27)25-18-24)20-14-16-26(17-15-20)19-10-6-4-3-5-7-11-19/h8-9,12-13,19-20H,2-7,10-11,14-17H2,1H3/b25-23+. The highest BCUT2D eigenvalue weighted by atomic mass is 15.2. The van der Waals surface area contributed by atoms with E-state index in [9.17, 15) is 5.26 Å². The van der Waals surface area contributed by atoms with Crippen molar-refractivity contribution in [1.29, 1.82) is 5.26 Å². The maximum absolute atomic E-state index is 9.30. The quantitative estimate of drug-likeness (QED) is 0.732. The lowest BCUT2D eigenvalue weighted by molar-refractivity contribution is 0.115. The van der Waals surface area contributed by atoms with E-state index >= 15 is 0 Å². The lowest BCUT2D eigenvalue weighted by Gasteiger charge is -2.39. The topological polar surface area (TPSA) is 49.2 Å². The van der Waals surface area contributed by atoms with Gasteiger partial charge in [0.15, 0.2) is 0 Å². The first-order chi connectivity index (χ1) is 13.8. The van der Waals surface area contributed by atoms with E-state index in [1.54, 1.807) is 0 Å². The number of benzene rings is 1. The molecule has 0 N–H and O–H groups in total. The molecule has 1 aliphatic heterocycles. The second-order valence-corrected chi connectivity index (χ2v) is 8.38. The van der Waals surface area contributed by atoms with Gasteiger partial charge in [-0.1, -0.05) is 44.2 Å². The molecular formula is C23H33N5. The minimum atomic E-state index is 0.426. The van der Waals surface area contributed by atoms with Crippen molar-refractivity contribution in [3.05, 3.63) is 29.9 Å². The molecule has 2 heterocycles. The molecule has 4 rings (SSSR count). The first-order valence-corrected chi connectivity index (χ1v) is 11.2. The summed E-state index contributed by atoms with van der Waals surface area (Å²) in [6.45, 7) is 5.29. The molecule has 5 heteroatoms. The van der Waals surface area contributed by atoms with Gasteiger partial charge in [0.2, 0.25) is 11.8 Å². The van der Waals surface area contributed by atoms with Gasteiger partial charge in [-0.25, -0.2) is 0 Å². The predicted octanol–water partition coefficient (Wildman–Crippen LogP) is 4.59. The Kier molecular flexibility index (Phi) is 6.17. The fourth-order valence-corrected chi connectivity index (χ4v) is 5.38. The Hall–Kier alpha value is -2.06. The lowest BCUT2D eigenvalue weighted by Crippen LogP contribution is -2.43. The van der Waals surface area contributed by atoms with Crippen LogP contribution in [0.4, 0.5) is 0 Å². The smallest absolute Gasteiger partial charge is 0.221 e. The van der Waals surface area contributed by atoms with Crippen molar-refractivity contribution in [2.24, 2.45) is 4.99 Å². The van der Waals surface area contributed by atoms with E-state index in [2.05, 4.69) is 50.2 Å². The maximum Gasteiger partial charge on any atom is 0.221 e. The highest BCUT2D eigenvalue weighted by Crippen LogP contribution is 2.29. The highest BCUT2D eigenvalue weighted by Gasteiger charge is 2.28. The first kappa shape index (κ1) is 19.3. The molecule has 1 saturated carbocycles. The molecule has 0 amide bonds. The number of para-hydroxylation sites is 2. The number of nitrogens with zero attached hydrogens (tertiary/aromatic N) is 5. The summed E-state index contributed by atoms with van der Waals surface area (Å²) in [5.74, 6) is 0. The van der Waals surface area contributed by atoms with E-state index in [1.165, 1.54) is 69.1 Å². The van der Waals surface area contributed by atoms with E-state index < -0.39 is 0 Å². The Balaban J connectivity index is 1.58. The number of imidazole rings is 1. The van der Waals surface area contributed by atoms with Crippen LogP contribution in [-0.2, 0) is 6.54 Å². The summed E-state index contributed by atoms with van der Waals surface area (Å²) in [4.78, 5) is 6.99. The van der Waals surface area contributed by atoms with E-state index in [1.807, 2.05) is 6.19 Å². The molecule has 5 nitrogen and oxygen atoms in total. The molecule has 1 aliphatic carbocycles. The number of likely N-dealkylation sites (tertiary alicyclic amines) is 1. The van der Waals surface area contributed by atoms with Crippen LogP contribution in [0.25, 0.3) is 11.0 Å². The van der Waals surface area contributed by atoms with Crippen molar-refractivity contribution >= 4 is 11.0 Å². The number of nitriles is 1. The van der Waals surface area contributed by atoms with E-state index in [0.29, 0.717) is 6.04 Å². The zero-order chi connectivity index (χ0) is 19.3. The molecule has 1 saturated heterocycles. The van der Waals surface area contributed by atoms with Gasteiger partial charge in [0.25, 0.3) is 0 Å². The number of hydrogen-bond donors (Lipinski definition) is 0. The van der Waals surface area contributed by atoms with Crippen LogP contribution in [0.5, 0.6) is 0 Å². The molecule has 2 aromatic rings. The zero-order valence-corrected chi connectivity index (χ0v) is 17.2. The number of piperidine rings is 1. The minimum absolute atomic E-state index is 0.426. The average Bonchev–Trinajstić information content (AvgIpc) is 3.01. The van der Waals surface area contributed by atoms with E-state index in [4.69, 9.17) is 0 Å². The normalized spacial score (nSPS) is 21.5. The van der Waals surface area contributed by atoms with Gasteiger partial charge in [0, 0.05) is 31.7 Å². The Morgan fingerprint density at radius 3 is 2.21 bits per heavy atom. The summed E-state index contributed by atoms with van der Waals surface area (Å²) >= 11 is 0. The van der Waals surface area contributed by atoms with Crippen molar-refractivity contribution in [2.75, 3.05) is 13.1 Å². The largest absolute Gasteiger partial charge is 0.310 e. The number of aryl methyl sites for hydroxylation is 1. The molecular weight excluding hydrogens is 346 g/mol. The Labute approximate surface area is 168 Å². The van der Waals surface area contributed by atoms with Crippen molar-refractivity contribution in [3.63, 3.8) is 0 Å². The molecule has 0 atom stereocenters. The predicted molar refractivity (Wildman–Crippen MR) is 113 cm³/mol. The Bertz CT molecular complexity index is 884. The van der Waals surface area contributed by atoms with Crippen LogP contribution in [0.1, 0.15) is 70.8 Å². The number of hydrogen-bond acceptors (Lipinski definition) is 3. The monoisotopic (exact) mass is 379 g/mol. The third kappa shape index (κ3) is 3.75. The van der Waals surface area contributed by atoms with E-state index in [0.717, 1.165) is 31.0 Å². The molecule has 2 fully saturated rings. The zero-order valence-electron chi connectivity index (χ0n) is 17.2. The summed E-state index contributed by atoms with van der Waals surface area (Å²) in [7, 11) is 0. The number of fused-ring (bicyclic) bond motifs is 1. The van der Waals surface area contributed by atoms with Gasteiger partial charge in [0.1, 0.15) is 0 Å². The van der Waals surface area contributed by atoms with Crippen molar-refractivity contribution in [1.82, 2.24) is 14.0 Å². The molecule has 1 aromatic carbocycles. The summed E-state index contributed by atoms with van der Waals surface area (Å²) in [5, 5.41) is 9.30. The summed E-state index contributed by atoms with van der Waals surface area (Å²) in [6.07, 6.45) is 14.1. The van der Waals surface area contributed by atoms with Crippen LogP contribution in [0, 0.1) is 11.5 Å². The third-order valence-corrected chi connectivity index (χ3v) is 6.81. The van der Waals surface area contributed by atoms with Crippen LogP contribution in [0.2, 0.25) is 0 Å². The maximum atomic E-state index is 9.30. The fourth-order valence-electron chi connectivity index (χ4n) is 5.38. The SMILES string of the molecule is CCn1/c(=N\C#N)n(C2CCN(C3CCCCCCC3)CC2)c2ccccc21. The average molecular weight is 380 g/mol. The Morgan fingerprint density at radius 2 is 1.57 bits per heavy atom. The number of rotatable bonds is 3. The van der Waals surface area contributed by atoms with Crippen LogP contribution >= 0.6 is 0 Å². The lowest BCUT2D eigenvalue weighted by atomic mass is 9.93. The Morgan fingerprint density at radius 1 is 0.929 bits per heavy atom. The minimum Gasteiger partial charge on any atom is -0.310 e. The molecule has 0 bridgehead atoms. The van der Waals surface area contributed by atoms with Crippen molar-refractivity contribution in [3.8, 4) is 6.19 Å². The van der Waals surface area contributed by atoms with Crippen LogP contribution in [-0.4, -0.2) is 33.2 Å². The van der Waals surface area contributed by atoms with Gasteiger partial charge in [-0.15, -0.1) is 4.99 Å². The van der Waals surface area contributed by atoms with Gasteiger partial charge in [-0.2, -0.15) is 5.26 Å². The van der Waals surface area contributed by atoms with Gasteiger partial charge in [-0.05, 0) is 44.7 Å². The molecule has 150 valence electrons. The van der Waals surface area contributed by atoms with Crippen LogP contribution in [0.3, 0.4) is 0 Å². The van der Waals surface area contributed by atoms with E-state index in [-0.39, 0.29) is 0 Å². The molecule has 28 heavy (non-hydrogen) atoms. The molecule has 2 aliphatic rings. The summed E-state index contributed by atoms with van der Waals surface area (Å²) in [5.41, 5.74) is 3.21. The first-order valence-electron chi connectivity index (χ1n) is 11.2. The van der Waals surface area contributed by atoms with Gasteiger partial charge in [-0.3, -0.25) is 0 Å². The third-order valence-electron chi connectivity index (χ3n) is 6.81. The second kappa shape index (κ2) is 8.96. The summed E-state index contributed by atoms with van der Waals surface area (Å²) in [6, 6.07) is 9.71. The summed E-state index contributed by atoms with van der Waals surface area (Å²) < 4.78 is 4.53. The highest BCUT2D eigenvalue weighted by molar-refractivity contribution is 5.76. The fraction of sp³-hybridized carbons (Fsp3) is 0.652. The van der Waals surface area contributed by atoms with Gasteiger partial charge < -0.3 is 14.0 Å². The van der Waals surface area contributed by atoms with Crippen molar-refractivity contribution in [2.45, 2.75) is 83.3 Å². The van der Waals surface area contributed by atoms with Crippen LogP contribution in [0.15, 0.2) is 29.3 Å². The molecule has 1 aromatic heterocycles. The number of aromatic nitrogens is 2. The van der Waals surface area contributed by atoms with Crippen molar-refractivity contribution < 1.29 is 0 Å². The second-order valence-electron chi connectivity index (χ2n) is 8.38. The van der Waals surface area contributed by atoms with Crippen LogP contribution < -0.4 is 5.62 Å². The van der Waals surface area contributed by atoms with Gasteiger partial charge >= 0.3 is 0 Å². The van der Waals surface area contributed by atoms with Gasteiger partial charge in [0.05, 0.1) is 11.0 Å². The molecule has 0 radical (unpaired) electrons. The molecule has 0 spiro atoms. The molecule has 0 unspecified atom stereocenters.